The Bertz CT molecular complexity index is 973. The van der Waals surface area contributed by atoms with Gasteiger partial charge in [0.15, 0.2) is 17.1 Å². The van der Waals surface area contributed by atoms with Crippen molar-refractivity contribution in [3.05, 3.63) is 52.6 Å². The Morgan fingerprint density at radius 1 is 1.18 bits per heavy atom. The maximum Gasteiger partial charge on any atom is 0.206 e. The Balaban J connectivity index is 2.10. The van der Waals surface area contributed by atoms with Crippen molar-refractivity contribution in [3.8, 4) is 28.7 Å². The summed E-state index contributed by atoms with van der Waals surface area (Å²) in [4.78, 5) is 13.1. The van der Waals surface area contributed by atoms with Crippen LogP contribution >= 0.6 is 0 Å². The lowest BCUT2D eigenvalue weighted by Gasteiger charge is -2.33. The van der Waals surface area contributed by atoms with Gasteiger partial charge in [0.1, 0.15) is 18.1 Å². The molecule has 0 radical (unpaired) electrons. The molecule has 2 aromatic rings. The molecule has 0 saturated heterocycles. The summed E-state index contributed by atoms with van der Waals surface area (Å²) in [5.41, 5.74) is -0.838. The minimum Gasteiger partial charge on any atom is -0.508 e. The van der Waals surface area contributed by atoms with Crippen LogP contribution in [0.25, 0.3) is 0 Å². The predicted octanol–water partition coefficient (Wildman–Crippen LogP) is 2.78. The molecule has 0 spiro atoms. The highest BCUT2D eigenvalue weighted by molar-refractivity contribution is 6.07. The molecule has 1 atom stereocenters. The Kier molecular flexibility index (Phi) is 4.95. The highest BCUT2D eigenvalue weighted by atomic mass is 16.5. The Labute approximate surface area is 162 Å². The summed E-state index contributed by atoms with van der Waals surface area (Å²) in [5.74, 6) is -1.76. The number of Topliss-reactive ketones (excluding diaryl/α,β-unsaturated/α-hetero) is 1. The van der Waals surface area contributed by atoms with Crippen molar-refractivity contribution in [2.75, 3.05) is 13.7 Å². The molecule has 0 amide bonds. The molecule has 3 rings (SSSR count). The van der Waals surface area contributed by atoms with E-state index in [-0.39, 0.29) is 28.4 Å². The van der Waals surface area contributed by atoms with E-state index in [0.29, 0.717) is 12.0 Å². The van der Waals surface area contributed by atoms with Crippen molar-refractivity contribution < 1.29 is 34.7 Å². The highest BCUT2D eigenvalue weighted by Crippen LogP contribution is 2.47. The van der Waals surface area contributed by atoms with Gasteiger partial charge in [-0.05, 0) is 44.5 Å². The van der Waals surface area contributed by atoms with Gasteiger partial charge in [-0.1, -0.05) is 11.6 Å². The largest absolute Gasteiger partial charge is 0.508 e. The van der Waals surface area contributed by atoms with Gasteiger partial charge in [0, 0.05) is 11.1 Å². The van der Waals surface area contributed by atoms with Crippen molar-refractivity contribution in [1.29, 1.82) is 0 Å². The fourth-order valence-corrected chi connectivity index (χ4v) is 3.19. The number of benzene rings is 2. The first-order chi connectivity index (χ1) is 13.2. The molecule has 1 unspecified atom stereocenters. The zero-order valence-corrected chi connectivity index (χ0v) is 15.8. The van der Waals surface area contributed by atoms with E-state index in [9.17, 15) is 25.2 Å². The second-order valence-electron chi connectivity index (χ2n) is 6.92. The molecule has 1 aliphatic heterocycles. The monoisotopic (exact) mass is 386 g/mol. The Morgan fingerprint density at radius 3 is 2.54 bits per heavy atom. The van der Waals surface area contributed by atoms with E-state index in [1.165, 1.54) is 31.4 Å². The average molecular weight is 386 g/mol. The quantitative estimate of drug-likeness (QED) is 0.472. The van der Waals surface area contributed by atoms with Gasteiger partial charge in [0.05, 0.1) is 12.7 Å². The summed E-state index contributed by atoms with van der Waals surface area (Å²) in [6.45, 7) is 3.34. The molecule has 7 nitrogen and oxygen atoms in total. The number of aromatic hydroxyl groups is 3. The van der Waals surface area contributed by atoms with Crippen LogP contribution in [0.15, 0.2) is 35.9 Å². The maximum atomic E-state index is 13.1. The van der Waals surface area contributed by atoms with Crippen LogP contribution in [0.2, 0.25) is 0 Å². The number of carbonyl (C=O) groups is 1. The summed E-state index contributed by atoms with van der Waals surface area (Å²) in [7, 11) is 1.31. The molecular weight excluding hydrogens is 364 g/mol. The molecular formula is C21H22O7. The number of aliphatic hydroxyl groups is 1. The van der Waals surface area contributed by atoms with E-state index in [2.05, 4.69) is 0 Å². The summed E-state index contributed by atoms with van der Waals surface area (Å²) in [6.07, 6.45) is 2.24. The third-order valence-corrected chi connectivity index (χ3v) is 4.78. The van der Waals surface area contributed by atoms with Gasteiger partial charge in [-0.3, -0.25) is 4.79 Å². The average Bonchev–Trinajstić information content (AvgIpc) is 2.66. The zero-order valence-electron chi connectivity index (χ0n) is 15.8. The van der Waals surface area contributed by atoms with Gasteiger partial charge in [-0.2, -0.15) is 0 Å². The fourth-order valence-electron chi connectivity index (χ4n) is 3.19. The van der Waals surface area contributed by atoms with Gasteiger partial charge in [0.25, 0.3) is 0 Å². The van der Waals surface area contributed by atoms with Gasteiger partial charge < -0.3 is 29.9 Å². The Hall–Kier alpha value is -3.19. The van der Waals surface area contributed by atoms with Crippen molar-refractivity contribution in [2.45, 2.75) is 25.9 Å². The summed E-state index contributed by atoms with van der Waals surface area (Å²) < 4.78 is 10.6. The molecule has 1 aliphatic rings. The molecule has 0 fully saturated rings. The Morgan fingerprint density at radius 2 is 1.89 bits per heavy atom. The van der Waals surface area contributed by atoms with Gasteiger partial charge in [0.2, 0.25) is 11.5 Å². The lowest BCUT2D eigenvalue weighted by atomic mass is 9.82. The highest BCUT2D eigenvalue weighted by Gasteiger charge is 2.47. The van der Waals surface area contributed by atoms with Gasteiger partial charge in [-0.15, -0.1) is 0 Å². The maximum absolute atomic E-state index is 13.1. The summed E-state index contributed by atoms with van der Waals surface area (Å²) in [6, 6.07) is 5.36. The molecule has 0 aromatic heterocycles. The van der Waals surface area contributed by atoms with Gasteiger partial charge in [-0.25, -0.2) is 0 Å². The lowest BCUT2D eigenvalue weighted by molar-refractivity contribution is -0.00675. The molecule has 2 aromatic carbocycles. The molecule has 7 heteroatoms. The predicted molar refractivity (Wildman–Crippen MR) is 101 cm³/mol. The van der Waals surface area contributed by atoms with Crippen LogP contribution in [0.5, 0.6) is 28.7 Å². The molecule has 0 aliphatic carbocycles. The van der Waals surface area contributed by atoms with E-state index < -0.39 is 29.5 Å². The van der Waals surface area contributed by atoms with Crippen molar-refractivity contribution in [1.82, 2.24) is 0 Å². The number of allylic oxidation sites excluding steroid dienone is 2. The molecule has 148 valence electrons. The second-order valence-corrected chi connectivity index (χ2v) is 6.92. The SMILES string of the molecule is COc1ccc(C2(O)COc3c(ccc(O)c3CC=C(C)C)C2=O)c(O)c1O. The molecule has 4 N–H and O–H groups in total. The first kappa shape index (κ1) is 19.6. The summed E-state index contributed by atoms with van der Waals surface area (Å²) in [5, 5.41) is 41.5. The van der Waals surface area contributed by atoms with Crippen LogP contribution in [0.3, 0.4) is 0 Å². The van der Waals surface area contributed by atoms with Crippen LogP contribution in [0, 0.1) is 0 Å². The number of hydrogen-bond donors (Lipinski definition) is 4. The van der Waals surface area contributed by atoms with E-state index in [1.807, 2.05) is 19.9 Å². The van der Waals surface area contributed by atoms with Crippen LogP contribution in [0.4, 0.5) is 0 Å². The topological polar surface area (TPSA) is 116 Å². The third-order valence-electron chi connectivity index (χ3n) is 4.78. The summed E-state index contributed by atoms with van der Waals surface area (Å²) >= 11 is 0. The molecule has 28 heavy (non-hydrogen) atoms. The van der Waals surface area contributed by atoms with Crippen LogP contribution < -0.4 is 9.47 Å². The number of hydrogen-bond acceptors (Lipinski definition) is 7. The van der Waals surface area contributed by atoms with Crippen molar-refractivity contribution >= 4 is 5.78 Å². The first-order valence-electron chi connectivity index (χ1n) is 8.68. The smallest absolute Gasteiger partial charge is 0.206 e. The number of methoxy groups -OCH3 is 1. The van der Waals surface area contributed by atoms with Crippen LogP contribution in [0.1, 0.15) is 35.3 Å². The van der Waals surface area contributed by atoms with E-state index in [4.69, 9.17) is 9.47 Å². The molecule has 1 heterocycles. The van der Waals surface area contributed by atoms with E-state index >= 15 is 0 Å². The standard InChI is InChI=1S/C21H22O7/c1-11(2)4-5-12-15(22)8-6-13-19(12)28-10-21(26,20(13)25)14-7-9-16(27-3)18(24)17(14)23/h4,6-9,22-24,26H,5,10H2,1-3H3. The second kappa shape index (κ2) is 7.09. The third kappa shape index (κ3) is 3.03. The normalized spacial score (nSPS) is 18.2. The lowest BCUT2D eigenvalue weighted by Crippen LogP contribution is -2.45. The van der Waals surface area contributed by atoms with Gasteiger partial charge >= 0.3 is 0 Å². The van der Waals surface area contributed by atoms with Crippen LogP contribution in [-0.4, -0.2) is 39.9 Å². The number of carbonyl (C=O) groups excluding carboxylic acids is 1. The minimum absolute atomic E-state index is 0.00311. The zero-order chi connectivity index (χ0) is 20.6. The van der Waals surface area contributed by atoms with E-state index in [1.54, 1.807) is 0 Å². The minimum atomic E-state index is -2.20. The number of ether oxygens (including phenoxy) is 2. The molecule has 0 saturated carbocycles. The van der Waals surface area contributed by atoms with E-state index in [0.717, 1.165) is 5.57 Å². The number of phenols is 3. The number of phenolic OH excluding ortho intramolecular Hbond substituents is 3. The first-order valence-corrected chi connectivity index (χ1v) is 8.68. The van der Waals surface area contributed by atoms with Crippen LogP contribution in [-0.2, 0) is 12.0 Å². The number of ketones is 1. The fraction of sp³-hybridized carbons (Fsp3) is 0.286. The van der Waals surface area contributed by atoms with Crippen molar-refractivity contribution in [3.63, 3.8) is 0 Å². The number of fused-ring (bicyclic) bond motifs is 1. The molecule has 0 bridgehead atoms. The van der Waals surface area contributed by atoms with Crippen molar-refractivity contribution in [2.24, 2.45) is 0 Å². The number of rotatable bonds is 4.